The lowest BCUT2D eigenvalue weighted by Gasteiger charge is -2.08. The second-order valence-electron chi connectivity index (χ2n) is 3.70. The van der Waals surface area contributed by atoms with Crippen LogP contribution in [-0.2, 0) is 4.79 Å². The average Bonchev–Trinajstić information content (AvgIpc) is 2.09. The summed E-state index contributed by atoms with van der Waals surface area (Å²) in [5, 5.41) is 0. The van der Waals surface area contributed by atoms with Gasteiger partial charge in [-0.05, 0) is 12.3 Å². The van der Waals surface area contributed by atoms with Gasteiger partial charge in [0.1, 0.15) is 6.29 Å². The van der Waals surface area contributed by atoms with Gasteiger partial charge in [0.25, 0.3) is 0 Å². The maximum atomic E-state index is 10.1. The summed E-state index contributed by atoms with van der Waals surface area (Å²) in [5.41, 5.74) is 0. The third kappa shape index (κ3) is 7.77. The molecule has 0 unspecified atom stereocenters. The SMILES string of the molecule is CCCCCC[C@H](C)CCC=O. The summed E-state index contributed by atoms with van der Waals surface area (Å²) in [4.78, 5) is 10.1. The van der Waals surface area contributed by atoms with E-state index in [0.717, 1.165) is 25.0 Å². The zero-order valence-electron chi connectivity index (χ0n) is 8.51. The van der Waals surface area contributed by atoms with Crippen molar-refractivity contribution >= 4 is 6.29 Å². The fraction of sp³-hybridized carbons (Fsp3) is 0.909. The summed E-state index contributed by atoms with van der Waals surface area (Å²) in [5.74, 6) is 0.743. The van der Waals surface area contributed by atoms with Crippen LogP contribution >= 0.6 is 0 Å². The van der Waals surface area contributed by atoms with Crippen LogP contribution < -0.4 is 0 Å². The summed E-state index contributed by atoms with van der Waals surface area (Å²) in [6.45, 7) is 4.48. The van der Waals surface area contributed by atoms with Crippen LogP contribution in [0.25, 0.3) is 0 Å². The van der Waals surface area contributed by atoms with Gasteiger partial charge in [0, 0.05) is 6.42 Å². The number of carbonyl (C=O) groups excluding carboxylic acids is 1. The fourth-order valence-electron chi connectivity index (χ4n) is 1.42. The van der Waals surface area contributed by atoms with Gasteiger partial charge in [-0.1, -0.05) is 46.0 Å². The lowest BCUT2D eigenvalue weighted by Crippen LogP contribution is -1.94. The number of hydrogen-bond acceptors (Lipinski definition) is 1. The lowest BCUT2D eigenvalue weighted by atomic mass is 9.98. The molecule has 0 fully saturated rings. The van der Waals surface area contributed by atoms with Crippen molar-refractivity contribution in [2.45, 2.75) is 58.8 Å². The molecule has 0 aromatic carbocycles. The summed E-state index contributed by atoms with van der Waals surface area (Å²) >= 11 is 0. The molecule has 0 bridgehead atoms. The van der Waals surface area contributed by atoms with Crippen molar-refractivity contribution in [3.05, 3.63) is 0 Å². The first-order chi connectivity index (χ1) is 5.81. The molecule has 0 aliphatic carbocycles. The average molecular weight is 170 g/mol. The van der Waals surface area contributed by atoms with Gasteiger partial charge >= 0.3 is 0 Å². The van der Waals surface area contributed by atoms with Gasteiger partial charge < -0.3 is 4.79 Å². The van der Waals surface area contributed by atoms with Gasteiger partial charge in [-0.2, -0.15) is 0 Å². The largest absolute Gasteiger partial charge is 0.303 e. The summed E-state index contributed by atoms with van der Waals surface area (Å²) < 4.78 is 0. The monoisotopic (exact) mass is 170 g/mol. The molecule has 0 amide bonds. The van der Waals surface area contributed by atoms with Crippen molar-refractivity contribution in [1.29, 1.82) is 0 Å². The molecule has 0 spiro atoms. The molecule has 0 aromatic heterocycles. The Bertz CT molecular complexity index is 99.2. The molecular formula is C11H22O. The fourth-order valence-corrected chi connectivity index (χ4v) is 1.42. The van der Waals surface area contributed by atoms with Crippen LogP contribution in [0.4, 0.5) is 0 Å². The van der Waals surface area contributed by atoms with Crippen molar-refractivity contribution in [2.75, 3.05) is 0 Å². The van der Waals surface area contributed by atoms with Crippen LogP contribution in [0, 0.1) is 5.92 Å². The standard InChI is InChI=1S/C11H22O/c1-3-4-5-6-8-11(2)9-7-10-12/h10-11H,3-9H2,1-2H3/t11-/m0/s1. The first-order valence-electron chi connectivity index (χ1n) is 5.24. The second kappa shape index (κ2) is 8.76. The van der Waals surface area contributed by atoms with Crippen molar-refractivity contribution in [3.8, 4) is 0 Å². The molecule has 0 rings (SSSR count). The van der Waals surface area contributed by atoms with Gasteiger partial charge in [-0.25, -0.2) is 0 Å². The number of hydrogen-bond donors (Lipinski definition) is 0. The maximum absolute atomic E-state index is 10.1. The Morgan fingerprint density at radius 3 is 2.50 bits per heavy atom. The van der Waals surface area contributed by atoms with E-state index in [0.29, 0.717) is 0 Å². The molecule has 0 saturated heterocycles. The van der Waals surface area contributed by atoms with E-state index in [9.17, 15) is 4.79 Å². The number of rotatable bonds is 8. The second-order valence-corrected chi connectivity index (χ2v) is 3.70. The van der Waals surface area contributed by atoms with E-state index >= 15 is 0 Å². The van der Waals surface area contributed by atoms with Crippen LogP contribution in [0.2, 0.25) is 0 Å². The molecule has 72 valence electrons. The minimum Gasteiger partial charge on any atom is -0.303 e. The Kier molecular flexibility index (Phi) is 8.52. The van der Waals surface area contributed by atoms with Crippen LogP contribution in [-0.4, -0.2) is 6.29 Å². The number of unbranched alkanes of at least 4 members (excludes halogenated alkanes) is 3. The third-order valence-electron chi connectivity index (χ3n) is 2.33. The Morgan fingerprint density at radius 1 is 1.17 bits per heavy atom. The van der Waals surface area contributed by atoms with E-state index in [4.69, 9.17) is 0 Å². The van der Waals surface area contributed by atoms with E-state index in [1.807, 2.05) is 0 Å². The topological polar surface area (TPSA) is 17.1 Å². The van der Waals surface area contributed by atoms with Gasteiger partial charge in [0.05, 0.1) is 0 Å². The minimum atomic E-state index is 0.743. The van der Waals surface area contributed by atoms with E-state index in [2.05, 4.69) is 13.8 Å². The van der Waals surface area contributed by atoms with Crippen molar-refractivity contribution in [2.24, 2.45) is 5.92 Å². The molecule has 1 heteroatoms. The Labute approximate surface area is 76.6 Å². The highest BCUT2D eigenvalue weighted by molar-refractivity contribution is 5.49. The highest BCUT2D eigenvalue weighted by Crippen LogP contribution is 2.14. The van der Waals surface area contributed by atoms with E-state index in [1.165, 1.54) is 32.1 Å². The van der Waals surface area contributed by atoms with Crippen molar-refractivity contribution < 1.29 is 4.79 Å². The molecule has 0 radical (unpaired) electrons. The quantitative estimate of drug-likeness (QED) is 0.402. The predicted octanol–water partition coefficient (Wildman–Crippen LogP) is 3.57. The minimum absolute atomic E-state index is 0.743. The van der Waals surface area contributed by atoms with Gasteiger partial charge in [-0.3, -0.25) is 0 Å². The molecule has 0 N–H and O–H groups in total. The van der Waals surface area contributed by atoms with Crippen LogP contribution in [0.3, 0.4) is 0 Å². The first-order valence-corrected chi connectivity index (χ1v) is 5.24. The van der Waals surface area contributed by atoms with Crippen molar-refractivity contribution in [1.82, 2.24) is 0 Å². The smallest absolute Gasteiger partial charge is 0.120 e. The lowest BCUT2D eigenvalue weighted by molar-refractivity contribution is -0.108. The molecule has 1 atom stereocenters. The Hall–Kier alpha value is -0.330. The van der Waals surface area contributed by atoms with Gasteiger partial charge in [0.15, 0.2) is 0 Å². The number of aldehydes is 1. The zero-order chi connectivity index (χ0) is 9.23. The van der Waals surface area contributed by atoms with E-state index in [-0.39, 0.29) is 0 Å². The number of carbonyl (C=O) groups is 1. The van der Waals surface area contributed by atoms with E-state index in [1.54, 1.807) is 0 Å². The van der Waals surface area contributed by atoms with Crippen LogP contribution in [0.5, 0.6) is 0 Å². The first kappa shape index (κ1) is 11.7. The molecule has 0 heterocycles. The molecule has 0 aromatic rings. The summed E-state index contributed by atoms with van der Waals surface area (Å²) in [7, 11) is 0. The molecule has 1 nitrogen and oxygen atoms in total. The van der Waals surface area contributed by atoms with E-state index < -0.39 is 0 Å². The van der Waals surface area contributed by atoms with Gasteiger partial charge in [0.2, 0.25) is 0 Å². The Morgan fingerprint density at radius 2 is 1.92 bits per heavy atom. The molecule has 12 heavy (non-hydrogen) atoms. The predicted molar refractivity (Wildman–Crippen MR) is 53.2 cm³/mol. The highest BCUT2D eigenvalue weighted by Gasteiger charge is 2.00. The zero-order valence-corrected chi connectivity index (χ0v) is 8.51. The van der Waals surface area contributed by atoms with Crippen LogP contribution in [0.1, 0.15) is 58.8 Å². The molecule has 0 aliphatic rings. The molecule has 0 aliphatic heterocycles. The third-order valence-corrected chi connectivity index (χ3v) is 2.33. The van der Waals surface area contributed by atoms with Gasteiger partial charge in [-0.15, -0.1) is 0 Å². The summed E-state index contributed by atoms with van der Waals surface area (Å²) in [6.07, 6.45) is 9.53. The molecular weight excluding hydrogens is 148 g/mol. The maximum Gasteiger partial charge on any atom is 0.120 e. The summed E-state index contributed by atoms with van der Waals surface area (Å²) in [6, 6.07) is 0. The normalized spacial score (nSPS) is 12.8. The van der Waals surface area contributed by atoms with Crippen LogP contribution in [0.15, 0.2) is 0 Å². The molecule has 0 saturated carbocycles. The van der Waals surface area contributed by atoms with Crippen molar-refractivity contribution in [3.63, 3.8) is 0 Å². The highest BCUT2D eigenvalue weighted by atomic mass is 16.1. The Balaban J connectivity index is 3.07.